The van der Waals surface area contributed by atoms with E-state index in [1.54, 1.807) is 0 Å². The van der Waals surface area contributed by atoms with Crippen LogP contribution in [0.5, 0.6) is 0 Å². The highest BCUT2D eigenvalue weighted by Crippen LogP contribution is 2.15. The van der Waals surface area contributed by atoms with Crippen molar-refractivity contribution >= 4 is 0 Å². The monoisotopic (exact) mass is 376 g/mol. The van der Waals surface area contributed by atoms with Crippen molar-refractivity contribution in [1.29, 1.82) is 0 Å². The molecule has 0 heteroatoms. The Morgan fingerprint density at radius 2 is 0.889 bits per heavy atom. The van der Waals surface area contributed by atoms with Crippen molar-refractivity contribution in [3.8, 4) is 0 Å². The molecule has 160 valence electrons. The SMILES string of the molecule is [CH2]CCCCCCCCCCCCC/C=C/C(C)CCCCCCCC[CH2]. The van der Waals surface area contributed by atoms with Crippen LogP contribution in [0.3, 0.4) is 0 Å². The molecule has 0 aliphatic rings. The Balaban J connectivity index is 3.20. The second kappa shape index (κ2) is 23.8. The zero-order chi connectivity index (χ0) is 19.8. The van der Waals surface area contributed by atoms with Crippen LogP contribution in [0, 0.1) is 19.8 Å². The van der Waals surface area contributed by atoms with Gasteiger partial charge in [-0.25, -0.2) is 0 Å². The van der Waals surface area contributed by atoms with Crippen LogP contribution in [-0.2, 0) is 0 Å². The third-order valence-corrected chi connectivity index (χ3v) is 5.74. The van der Waals surface area contributed by atoms with Gasteiger partial charge in [-0.3, -0.25) is 0 Å². The lowest BCUT2D eigenvalue weighted by molar-refractivity contribution is 0.537. The maximum Gasteiger partial charge on any atom is -0.0262 e. The van der Waals surface area contributed by atoms with Crippen LogP contribution in [-0.4, -0.2) is 0 Å². The Bertz CT molecular complexity index is 278. The van der Waals surface area contributed by atoms with E-state index in [0.29, 0.717) is 0 Å². The lowest BCUT2D eigenvalue weighted by Crippen LogP contribution is -1.90. The zero-order valence-electron chi connectivity index (χ0n) is 19.0. The van der Waals surface area contributed by atoms with Gasteiger partial charge < -0.3 is 0 Å². The van der Waals surface area contributed by atoms with Crippen molar-refractivity contribution in [2.45, 2.75) is 142 Å². The van der Waals surface area contributed by atoms with Crippen LogP contribution in [0.4, 0.5) is 0 Å². The van der Waals surface area contributed by atoms with Crippen molar-refractivity contribution in [3.63, 3.8) is 0 Å². The van der Waals surface area contributed by atoms with Crippen molar-refractivity contribution in [2.24, 2.45) is 5.92 Å². The van der Waals surface area contributed by atoms with E-state index in [1.807, 2.05) is 0 Å². The first-order valence-corrected chi connectivity index (χ1v) is 12.6. The highest BCUT2D eigenvalue weighted by Gasteiger charge is 1.98. The topological polar surface area (TPSA) is 0 Å². The van der Waals surface area contributed by atoms with E-state index in [1.165, 1.54) is 122 Å². The summed E-state index contributed by atoms with van der Waals surface area (Å²) in [7, 11) is 0. The maximum absolute atomic E-state index is 3.91. The molecule has 0 bridgehead atoms. The molecule has 1 unspecified atom stereocenters. The van der Waals surface area contributed by atoms with Crippen LogP contribution in [0.1, 0.15) is 142 Å². The summed E-state index contributed by atoms with van der Waals surface area (Å²) < 4.78 is 0. The third-order valence-electron chi connectivity index (χ3n) is 5.74. The number of allylic oxidation sites excluding steroid dienone is 2. The average molecular weight is 377 g/mol. The van der Waals surface area contributed by atoms with Gasteiger partial charge in [-0.2, -0.15) is 0 Å². The van der Waals surface area contributed by atoms with Gasteiger partial charge in [0.15, 0.2) is 0 Å². The van der Waals surface area contributed by atoms with E-state index in [9.17, 15) is 0 Å². The molecule has 0 rings (SSSR count). The van der Waals surface area contributed by atoms with Crippen molar-refractivity contribution in [3.05, 3.63) is 26.0 Å². The molecule has 0 aliphatic heterocycles. The van der Waals surface area contributed by atoms with Crippen molar-refractivity contribution in [2.75, 3.05) is 0 Å². The molecular formula is C27H52. The highest BCUT2D eigenvalue weighted by molar-refractivity contribution is 4.86. The molecule has 0 aromatic carbocycles. The first kappa shape index (κ1) is 26.7. The largest absolute Gasteiger partial charge is 0.0883 e. The van der Waals surface area contributed by atoms with Gasteiger partial charge in [0.25, 0.3) is 0 Å². The molecule has 1 atom stereocenters. The summed E-state index contributed by atoms with van der Waals surface area (Å²) >= 11 is 0. The van der Waals surface area contributed by atoms with Gasteiger partial charge in [-0.05, 0) is 25.2 Å². The minimum Gasteiger partial charge on any atom is -0.0883 e. The van der Waals surface area contributed by atoms with Crippen LogP contribution >= 0.6 is 0 Å². The fraction of sp³-hybridized carbons (Fsp3) is 0.852. The van der Waals surface area contributed by atoms with Gasteiger partial charge in [0.05, 0.1) is 0 Å². The van der Waals surface area contributed by atoms with Crippen molar-refractivity contribution < 1.29 is 0 Å². The van der Waals surface area contributed by atoms with Crippen LogP contribution in [0.15, 0.2) is 12.2 Å². The molecule has 27 heavy (non-hydrogen) atoms. The summed E-state index contributed by atoms with van der Waals surface area (Å²) in [6.45, 7) is 10.2. The van der Waals surface area contributed by atoms with E-state index >= 15 is 0 Å². The van der Waals surface area contributed by atoms with Gasteiger partial charge in [0, 0.05) is 0 Å². The van der Waals surface area contributed by atoms with Gasteiger partial charge in [0.2, 0.25) is 0 Å². The molecule has 0 fully saturated rings. The Morgan fingerprint density at radius 3 is 1.33 bits per heavy atom. The fourth-order valence-corrected chi connectivity index (χ4v) is 3.80. The molecule has 0 saturated carbocycles. The molecule has 0 amide bonds. The number of unbranched alkanes of at least 4 members (excludes halogenated alkanes) is 18. The number of rotatable bonds is 22. The predicted molar refractivity (Wildman–Crippen MR) is 126 cm³/mol. The van der Waals surface area contributed by atoms with Gasteiger partial charge in [-0.1, -0.05) is 148 Å². The maximum atomic E-state index is 3.91. The van der Waals surface area contributed by atoms with Gasteiger partial charge in [-0.15, -0.1) is 0 Å². The summed E-state index contributed by atoms with van der Waals surface area (Å²) in [5.41, 5.74) is 0. The summed E-state index contributed by atoms with van der Waals surface area (Å²) in [5, 5.41) is 0. The molecule has 0 aromatic heterocycles. The second-order valence-corrected chi connectivity index (χ2v) is 8.70. The minimum absolute atomic E-state index is 0.776. The average Bonchev–Trinajstić information content (AvgIpc) is 2.67. The number of hydrogen-bond acceptors (Lipinski definition) is 0. The van der Waals surface area contributed by atoms with Crippen molar-refractivity contribution in [1.82, 2.24) is 0 Å². The molecule has 0 aliphatic carbocycles. The molecular weight excluding hydrogens is 324 g/mol. The van der Waals surface area contributed by atoms with E-state index in [-0.39, 0.29) is 0 Å². The van der Waals surface area contributed by atoms with E-state index < -0.39 is 0 Å². The third kappa shape index (κ3) is 23.7. The lowest BCUT2D eigenvalue weighted by Gasteiger charge is -2.06. The molecule has 0 N–H and O–H groups in total. The lowest BCUT2D eigenvalue weighted by atomic mass is 10.0. The van der Waals surface area contributed by atoms with Crippen LogP contribution in [0.2, 0.25) is 0 Å². The van der Waals surface area contributed by atoms with Gasteiger partial charge in [0.1, 0.15) is 0 Å². The fourth-order valence-electron chi connectivity index (χ4n) is 3.80. The Kier molecular flexibility index (Phi) is 23.5. The first-order valence-electron chi connectivity index (χ1n) is 12.6. The normalized spacial score (nSPS) is 12.9. The summed E-state index contributed by atoms with van der Waals surface area (Å²) in [4.78, 5) is 0. The Morgan fingerprint density at radius 1 is 0.519 bits per heavy atom. The molecule has 0 aromatic rings. The summed E-state index contributed by atoms with van der Waals surface area (Å²) in [6, 6.07) is 0. The summed E-state index contributed by atoms with van der Waals surface area (Å²) in [6.07, 6.45) is 33.9. The predicted octanol–water partition coefficient (Wildman–Crippen LogP) is 10.0. The standard InChI is InChI=1S/C27H52/c1-4-6-8-10-12-13-14-15-16-17-18-20-22-24-26-27(3)25-23-21-19-11-9-7-5-2/h24,26-27H,1-2,4-23,25H2,3H3/b26-24+. The quantitative estimate of drug-likeness (QED) is 0.130. The van der Waals surface area contributed by atoms with Gasteiger partial charge >= 0.3 is 0 Å². The molecule has 0 spiro atoms. The molecule has 0 nitrogen and oxygen atoms in total. The molecule has 2 radical (unpaired) electrons. The minimum atomic E-state index is 0.776. The zero-order valence-corrected chi connectivity index (χ0v) is 19.0. The molecule has 0 saturated heterocycles. The van der Waals surface area contributed by atoms with Crippen LogP contribution < -0.4 is 0 Å². The van der Waals surface area contributed by atoms with Crippen LogP contribution in [0.25, 0.3) is 0 Å². The van der Waals surface area contributed by atoms with E-state index in [4.69, 9.17) is 0 Å². The first-order chi connectivity index (χ1) is 13.3. The Hall–Kier alpha value is -0.260. The second-order valence-electron chi connectivity index (χ2n) is 8.70. The van der Waals surface area contributed by atoms with E-state index in [2.05, 4.69) is 32.9 Å². The highest BCUT2D eigenvalue weighted by atomic mass is 14.0. The van der Waals surface area contributed by atoms with E-state index in [0.717, 1.165) is 18.8 Å². The number of hydrogen-bond donors (Lipinski definition) is 0. The molecule has 0 heterocycles. The summed E-state index contributed by atoms with van der Waals surface area (Å²) in [5.74, 6) is 0.776. The smallest absolute Gasteiger partial charge is 0.0262 e. The Labute approximate surface area is 174 Å².